The van der Waals surface area contributed by atoms with Gasteiger partial charge in [0.1, 0.15) is 0 Å². The minimum Gasteiger partial charge on any atom is -0.351 e. The van der Waals surface area contributed by atoms with Gasteiger partial charge in [0, 0.05) is 278 Å². The second-order valence-electron chi connectivity index (χ2n) is 12.8. The molecular weight excluding hydrogens is 1310 g/mol. The first kappa shape index (κ1) is 59.5. The second kappa shape index (κ2) is 36.1. The number of rotatable bonds is 5. The highest BCUT2D eigenvalue weighted by Gasteiger charge is 2.41. The van der Waals surface area contributed by atoms with Crippen LogP contribution in [0.2, 0.25) is 10.0 Å². The summed E-state index contributed by atoms with van der Waals surface area (Å²) in [5.74, 6) is 0.472. The molecule has 0 saturated carbocycles. The minimum absolute atomic E-state index is 0.0356. The number of nitrogens with two attached hydrogens (primary N) is 1. The van der Waals surface area contributed by atoms with Gasteiger partial charge < -0.3 is 15.5 Å². The lowest BCUT2D eigenvalue weighted by Gasteiger charge is -2.49. The van der Waals surface area contributed by atoms with Gasteiger partial charge in [-0.15, -0.1) is 0 Å². The van der Waals surface area contributed by atoms with Crippen LogP contribution in [0.4, 0.5) is 4.79 Å². The summed E-state index contributed by atoms with van der Waals surface area (Å²) in [5.41, 5.74) is 7.28. The number of hydrogen-bond acceptors (Lipinski definition) is 6. The molecule has 2 atom stereocenters. The quantitative estimate of drug-likeness (QED) is 0.447. The number of carbonyl (C=O) groups is 2. The predicted octanol–water partition coefficient (Wildman–Crippen LogP) is 5.16. The highest BCUT2D eigenvalue weighted by Crippen LogP contribution is 2.37. The SMILES string of the molecule is CC(C)(C)[C@H]1CN(C(c2ccc(Cl)c(Cl)c2)c2ccccn2)CCN1C(=O)CC1CCN(C(N)=O)CC1.S=S=S=S=S=S=S=S=S=S=S=S=S=S=S=S=S=S=S=S=S=S=S=S=S. The van der Waals surface area contributed by atoms with Crippen molar-refractivity contribution in [2.24, 2.45) is 17.1 Å². The Labute approximate surface area is 449 Å². The Kier molecular flexibility index (Phi) is 34.6. The van der Waals surface area contributed by atoms with E-state index in [4.69, 9.17) is 51.3 Å². The molecule has 2 saturated heterocycles. The molecule has 62 heavy (non-hydrogen) atoms. The van der Waals surface area contributed by atoms with Crippen molar-refractivity contribution in [1.82, 2.24) is 19.7 Å². The number of amides is 3. The Morgan fingerprint density at radius 3 is 1.60 bits per heavy atom. The van der Waals surface area contributed by atoms with Crippen molar-refractivity contribution < 1.29 is 9.59 Å². The van der Waals surface area contributed by atoms with E-state index in [1.54, 1.807) is 129 Å². The van der Waals surface area contributed by atoms with E-state index < -0.39 is 0 Å². The zero-order valence-corrected chi connectivity index (χ0v) is 54.0. The van der Waals surface area contributed by atoms with Crippen LogP contribution in [-0.4, -0.2) is 70.4 Å². The fourth-order valence-corrected chi connectivity index (χ4v) is 63.8. The number of aromatic nitrogens is 1. The van der Waals surface area contributed by atoms with E-state index in [9.17, 15) is 9.59 Å². The van der Waals surface area contributed by atoms with Gasteiger partial charge in [-0.05, 0) is 54.0 Å². The first-order chi connectivity index (χ1) is 30.0. The molecule has 1 unspecified atom stereocenters. The van der Waals surface area contributed by atoms with Crippen molar-refractivity contribution in [1.29, 1.82) is 0 Å². The first-order valence-corrected chi connectivity index (χ1v) is 49.7. The number of likely N-dealkylation sites (tertiary alicyclic amines) is 1. The van der Waals surface area contributed by atoms with Crippen LogP contribution in [-0.2, 0) is 231 Å². The van der Waals surface area contributed by atoms with Gasteiger partial charge in [0.25, 0.3) is 0 Å². The summed E-state index contributed by atoms with van der Waals surface area (Å²) in [4.78, 5) is 35.9. The summed E-state index contributed by atoms with van der Waals surface area (Å²) in [6.45, 7) is 9.92. The number of halogens is 2. The number of benzene rings is 1. The summed E-state index contributed by atoms with van der Waals surface area (Å²) in [6, 6.07) is 11.3. The molecule has 2 aliphatic heterocycles. The number of carbonyl (C=O) groups excluding carboxylic acids is 2. The average molecular weight is 1350 g/mol. The van der Waals surface area contributed by atoms with Gasteiger partial charge in [-0.1, -0.05) is 56.1 Å². The molecule has 350 valence electrons. The molecule has 34 heteroatoms. The lowest BCUT2D eigenvalue weighted by molar-refractivity contribution is -0.141. The Hall–Kier alpha value is 3.15. The van der Waals surface area contributed by atoms with Crippen LogP contribution < -0.4 is 5.73 Å². The van der Waals surface area contributed by atoms with Gasteiger partial charge in [0.15, 0.2) is 0 Å². The van der Waals surface area contributed by atoms with Crippen LogP contribution in [0.3, 0.4) is 0 Å². The lowest BCUT2D eigenvalue weighted by Crippen LogP contribution is -2.60. The number of piperazine rings is 1. The lowest BCUT2D eigenvalue weighted by atomic mass is 9.82. The van der Waals surface area contributed by atoms with Crippen molar-refractivity contribution in [3.8, 4) is 0 Å². The summed E-state index contributed by atoms with van der Waals surface area (Å²) in [5, 5.41) is 1.04. The zero-order valence-electron chi connectivity index (χ0n) is 32.1. The number of urea groups is 1. The smallest absolute Gasteiger partial charge is 0.314 e. The third-order valence-electron chi connectivity index (χ3n) is 8.32. The molecule has 1 aromatic heterocycles. The Bertz CT molecular complexity index is 2860. The maximum absolute atomic E-state index is 13.6. The Morgan fingerprint density at radius 1 is 0.710 bits per heavy atom. The normalized spacial score (nSPS) is 15.3. The summed E-state index contributed by atoms with van der Waals surface area (Å²) >= 11 is 22.2. The molecule has 2 aromatic rings. The standard InChI is InChI=1S/C28H37Cl2N5O2.S25/c1-28(2,3)24-18-34(14-15-35(24)25(36)16-19-9-12-33(13-10-19)27(31)37)26(23-6-4-5-11-32-23)20-7-8-21(29)22(30)17-20;1-3-5-7-9-11-13-15-17-19-21-23-25-24-22-20-18-16-14-12-10-8-6-4-2/h4-8,11,17,19,24,26H,9-10,12-16,18H2,1-3H3,(H2,31,37);/t24-,26?;/m1./s1. The molecule has 1 aromatic carbocycles. The zero-order chi connectivity index (χ0) is 45.0. The van der Waals surface area contributed by atoms with E-state index >= 15 is 0 Å². The highest BCUT2D eigenvalue weighted by atomic mass is 35.5. The van der Waals surface area contributed by atoms with E-state index in [1.165, 1.54) is 17.8 Å². The molecule has 2 fully saturated rings. The molecule has 3 heterocycles. The Balaban J connectivity index is 0.000000360. The molecule has 7 nitrogen and oxygen atoms in total. The van der Waals surface area contributed by atoms with Crippen molar-refractivity contribution >= 4 is 262 Å². The van der Waals surface area contributed by atoms with Gasteiger partial charge >= 0.3 is 6.03 Å². The summed E-state index contributed by atoms with van der Waals surface area (Å²) in [7, 11) is 40.0. The topological polar surface area (TPSA) is 82.8 Å². The molecule has 0 aliphatic carbocycles. The highest BCUT2D eigenvalue weighted by molar-refractivity contribution is 8.79. The third kappa shape index (κ3) is 24.8. The molecule has 4 rings (SSSR count). The van der Waals surface area contributed by atoms with E-state index in [0.29, 0.717) is 36.1 Å². The number of piperidine rings is 1. The van der Waals surface area contributed by atoms with Crippen molar-refractivity contribution in [3.63, 3.8) is 0 Å². The van der Waals surface area contributed by atoms with Crippen LogP contribution in [0, 0.1) is 11.3 Å². The summed E-state index contributed by atoms with van der Waals surface area (Å²) in [6.07, 6.45) is 3.95. The van der Waals surface area contributed by atoms with Crippen molar-refractivity contribution in [3.05, 3.63) is 63.9 Å². The number of primary amides is 1. The largest absolute Gasteiger partial charge is 0.351 e. The Morgan fingerprint density at radius 2 is 1.19 bits per heavy atom. The van der Waals surface area contributed by atoms with Crippen LogP contribution >= 0.6 is 23.2 Å². The van der Waals surface area contributed by atoms with Crippen LogP contribution in [0.5, 0.6) is 0 Å². The molecule has 3 amide bonds. The number of hydrogen-bond donors (Lipinski definition) is 1. The average Bonchev–Trinajstić information content (AvgIpc) is 3.26. The molecular formula is C28H37Cl2N5O2S25. The number of nitrogens with zero attached hydrogens (tertiary/aromatic N) is 4. The van der Waals surface area contributed by atoms with Gasteiger partial charge in [0.2, 0.25) is 5.91 Å². The maximum Gasteiger partial charge on any atom is 0.314 e. The fourth-order valence-electron chi connectivity index (χ4n) is 5.83. The van der Waals surface area contributed by atoms with Gasteiger partial charge in [-0.2, -0.15) is 0 Å². The second-order valence-corrected chi connectivity index (χ2v) is 54.3. The predicted molar refractivity (Wildman–Crippen MR) is 332 cm³/mol. The van der Waals surface area contributed by atoms with Crippen molar-refractivity contribution in [2.45, 2.75) is 52.1 Å². The molecule has 2 aliphatic rings. The van der Waals surface area contributed by atoms with Crippen LogP contribution in [0.15, 0.2) is 42.6 Å². The van der Waals surface area contributed by atoms with E-state index in [-0.39, 0.29) is 35.4 Å². The molecule has 0 radical (unpaired) electrons. The van der Waals surface area contributed by atoms with E-state index in [2.05, 4.69) is 35.6 Å². The molecule has 0 bridgehead atoms. The van der Waals surface area contributed by atoms with Crippen LogP contribution in [0.1, 0.15) is 57.3 Å². The van der Waals surface area contributed by atoms with Crippen LogP contribution in [0.25, 0.3) is 0 Å². The van der Waals surface area contributed by atoms with Crippen molar-refractivity contribution in [2.75, 3.05) is 32.7 Å². The van der Waals surface area contributed by atoms with E-state index in [1.807, 2.05) is 105 Å². The number of pyridine rings is 1. The van der Waals surface area contributed by atoms with Gasteiger partial charge in [-0.3, -0.25) is 14.7 Å². The van der Waals surface area contributed by atoms with E-state index in [0.717, 1.165) is 37.2 Å². The third-order valence-corrected chi connectivity index (χ3v) is 58.0. The molecule has 0 spiro atoms. The fraction of sp³-hybridized carbons (Fsp3) is 0.536. The minimum atomic E-state index is -0.377. The monoisotopic (exact) mass is 1340 g/mol. The molecule has 2 N–H and O–H groups in total. The van der Waals surface area contributed by atoms with Gasteiger partial charge in [0.05, 0.1) is 21.8 Å². The maximum atomic E-state index is 13.6. The first-order valence-electron chi connectivity index (χ1n) is 17.0. The van der Waals surface area contributed by atoms with Gasteiger partial charge in [-0.25, -0.2) is 4.79 Å². The summed E-state index contributed by atoms with van der Waals surface area (Å²) < 4.78 is 0.